The van der Waals surface area contributed by atoms with Crippen molar-refractivity contribution in [2.75, 3.05) is 18.1 Å². The first-order valence-corrected chi connectivity index (χ1v) is 14.2. The standard InChI is InChI=1S/C28H30N2O6S2/c1-5-7-8-13-36-19-12-11-18(15-20(19)35-6-2)23-22(24(32)21-10-9-14-37-21)25(33)27(34)30(23)28-29-16(3)26(38-28)17(4)31/h9-12,14-15,23,33H,5-8,13H2,1-4H3. The number of carbonyl (C=O) groups is 3. The summed E-state index contributed by atoms with van der Waals surface area (Å²) in [6, 6.07) is 7.66. The zero-order valence-corrected chi connectivity index (χ0v) is 23.4. The minimum Gasteiger partial charge on any atom is -0.503 e. The number of aromatic nitrogens is 1. The Balaban J connectivity index is 1.82. The average molecular weight is 555 g/mol. The Bertz CT molecular complexity index is 1380. The molecule has 1 unspecified atom stereocenters. The lowest BCUT2D eigenvalue weighted by Gasteiger charge is -2.25. The Morgan fingerprint density at radius 3 is 2.55 bits per heavy atom. The summed E-state index contributed by atoms with van der Waals surface area (Å²) in [5, 5.41) is 13.0. The van der Waals surface area contributed by atoms with Gasteiger partial charge in [-0.3, -0.25) is 19.3 Å². The quantitative estimate of drug-likeness (QED) is 0.202. The second-order valence-electron chi connectivity index (χ2n) is 8.81. The maximum Gasteiger partial charge on any atom is 0.296 e. The predicted octanol–water partition coefficient (Wildman–Crippen LogP) is 6.47. The van der Waals surface area contributed by atoms with Crippen molar-refractivity contribution in [1.82, 2.24) is 4.98 Å². The number of unbranched alkanes of at least 4 members (excludes halogenated alkanes) is 2. The number of thiazole rings is 1. The largest absolute Gasteiger partial charge is 0.503 e. The van der Waals surface area contributed by atoms with Gasteiger partial charge in [-0.15, -0.1) is 11.3 Å². The molecule has 1 N–H and O–H groups in total. The lowest BCUT2D eigenvalue weighted by Crippen LogP contribution is -2.31. The van der Waals surface area contributed by atoms with Crippen LogP contribution in [0.4, 0.5) is 5.13 Å². The van der Waals surface area contributed by atoms with E-state index in [1.807, 2.05) is 6.92 Å². The molecule has 0 saturated carbocycles. The van der Waals surface area contributed by atoms with Crippen molar-refractivity contribution in [3.8, 4) is 11.5 Å². The van der Waals surface area contributed by atoms with Crippen LogP contribution in [0.1, 0.15) is 76.7 Å². The van der Waals surface area contributed by atoms with Gasteiger partial charge < -0.3 is 14.6 Å². The van der Waals surface area contributed by atoms with Crippen LogP contribution in [0.3, 0.4) is 0 Å². The van der Waals surface area contributed by atoms with Crippen LogP contribution < -0.4 is 14.4 Å². The molecule has 2 aromatic heterocycles. The number of benzene rings is 1. The van der Waals surface area contributed by atoms with Crippen molar-refractivity contribution in [2.45, 2.75) is 53.0 Å². The Labute approximate surface area is 229 Å². The van der Waals surface area contributed by atoms with Crippen LogP contribution in [0.2, 0.25) is 0 Å². The van der Waals surface area contributed by atoms with Gasteiger partial charge in [0.05, 0.1) is 40.3 Å². The van der Waals surface area contributed by atoms with E-state index in [2.05, 4.69) is 11.9 Å². The summed E-state index contributed by atoms with van der Waals surface area (Å²) in [5.74, 6) is -0.977. The minimum absolute atomic E-state index is 0.0475. The molecule has 1 aliphatic rings. The van der Waals surface area contributed by atoms with Crippen molar-refractivity contribution in [1.29, 1.82) is 0 Å². The number of hydrogen-bond donors (Lipinski definition) is 1. The molecule has 4 rings (SSSR count). The molecule has 1 aromatic carbocycles. The second-order valence-corrected chi connectivity index (χ2v) is 10.7. The number of nitrogens with zero attached hydrogens (tertiary/aromatic N) is 2. The summed E-state index contributed by atoms with van der Waals surface area (Å²) >= 11 is 2.28. The van der Waals surface area contributed by atoms with Crippen LogP contribution in [0.25, 0.3) is 0 Å². The number of ketones is 2. The second kappa shape index (κ2) is 11.9. The SMILES string of the molecule is CCCCCOc1ccc(C2C(C(=O)c3cccs3)=C(O)C(=O)N2c2nc(C)c(C(C)=O)s2)cc1OCC. The summed E-state index contributed by atoms with van der Waals surface area (Å²) in [5.41, 5.74) is 0.977. The summed E-state index contributed by atoms with van der Waals surface area (Å²) in [6.07, 6.45) is 3.03. The molecule has 0 spiro atoms. The van der Waals surface area contributed by atoms with Crippen molar-refractivity contribution in [3.05, 3.63) is 68.1 Å². The first-order valence-electron chi connectivity index (χ1n) is 12.5. The molecule has 3 heterocycles. The zero-order chi connectivity index (χ0) is 27.4. The van der Waals surface area contributed by atoms with E-state index in [-0.39, 0.29) is 16.5 Å². The summed E-state index contributed by atoms with van der Waals surface area (Å²) in [6.45, 7) is 8.03. The van der Waals surface area contributed by atoms with Crippen molar-refractivity contribution < 1.29 is 29.0 Å². The highest BCUT2D eigenvalue weighted by atomic mass is 32.1. The number of amides is 1. The number of aliphatic hydroxyl groups excluding tert-OH is 1. The van der Waals surface area contributed by atoms with Crippen molar-refractivity contribution in [2.24, 2.45) is 0 Å². The van der Waals surface area contributed by atoms with E-state index in [0.717, 1.165) is 30.6 Å². The van der Waals surface area contributed by atoms with E-state index in [4.69, 9.17) is 9.47 Å². The third-order valence-electron chi connectivity index (χ3n) is 6.10. The van der Waals surface area contributed by atoms with Crippen LogP contribution >= 0.6 is 22.7 Å². The molecular formula is C28H30N2O6S2. The number of aliphatic hydroxyl groups is 1. The molecule has 0 bridgehead atoms. The van der Waals surface area contributed by atoms with Gasteiger partial charge in [0.25, 0.3) is 5.91 Å². The van der Waals surface area contributed by atoms with Gasteiger partial charge in [-0.05, 0) is 49.4 Å². The predicted molar refractivity (Wildman–Crippen MR) is 148 cm³/mol. The molecule has 1 aliphatic heterocycles. The molecular weight excluding hydrogens is 524 g/mol. The lowest BCUT2D eigenvalue weighted by molar-refractivity contribution is -0.117. The van der Waals surface area contributed by atoms with Crippen LogP contribution in [0.15, 0.2) is 47.0 Å². The maximum atomic E-state index is 13.6. The van der Waals surface area contributed by atoms with Gasteiger partial charge in [0.1, 0.15) is 0 Å². The monoisotopic (exact) mass is 554 g/mol. The molecule has 200 valence electrons. The molecule has 3 aromatic rings. The fraction of sp³-hybridized carbons (Fsp3) is 0.357. The van der Waals surface area contributed by atoms with Crippen LogP contribution in [-0.4, -0.2) is 40.8 Å². The third kappa shape index (κ3) is 5.37. The van der Waals surface area contributed by atoms with Crippen LogP contribution in [-0.2, 0) is 4.79 Å². The highest BCUT2D eigenvalue weighted by Crippen LogP contribution is 2.45. The van der Waals surface area contributed by atoms with E-state index >= 15 is 0 Å². The molecule has 38 heavy (non-hydrogen) atoms. The number of aryl methyl sites for hydroxylation is 1. The molecule has 1 amide bonds. The zero-order valence-electron chi connectivity index (χ0n) is 21.8. The normalized spacial score (nSPS) is 15.3. The van der Waals surface area contributed by atoms with Crippen molar-refractivity contribution >= 4 is 45.3 Å². The van der Waals surface area contributed by atoms with Gasteiger partial charge in [0.15, 0.2) is 28.2 Å². The summed E-state index contributed by atoms with van der Waals surface area (Å²) < 4.78 is 11.8. The number of rotatable bonds is 12. The highest BCUT2D eigenvalue weighted by Gasteiger charge is 2.46. The molecule has 0 saturated heterocycles. The molecule has 1 atom stereocenters. The fourth-order valence-electron chi connectivity index (χ4n) is 4.32. The van der Waals surface area contributed by atoms with Gasteiger partial charge >= 0.3 is 0 Å². The molecule has 8 nitrogen and oxygen atoms in total. The first-order chi connectivity index (χ1) is 18.3. The molecule has 0 fully saturated rings. The highest BCUT2D eigenvalue weighted by molar-refractivity contribution is 7.17. The smallest absolute Gasteiger partial charge is 0.296 e. The van der Waals surface area contributed by atoms with E-state index in [0.29, 0.717) is 45.7 Å². The maximum absolute atomic E-state index is 13.6. The Morgan fingerprint density at radius 2 is 1.92 bits per heavy atom. The molecule has 0 radical (unpaired) electrons. The lowest BCUT2D eigenvalue weighted by atomic mass is 9.95. The molecule has 0 aliphatic carbocycles. The van der Waals surface area contributed by atoms with E-state index in [1.54, 1.807) is 42.6 Å². The Hall–Kier alpha value is -3.50. The van der Waals surface area contributed by atoms with Crippen LogP contribution in [0.5, 0.6) is 11.5 Å². The third-order valence-corrected chi connectivity index (χ3v) is 8.22. The minimum atomic E-state index is -0.976. The van der Waals surface area contributed by atoms with Gasteiger partial charge in [0, 0.05) is 6.92 Å². The number of ether oxygens (including phenoxy) is 2. The topological polar surface area (TPSA) is 106 Å². The number of Topliss-reactive ketones (excluding diaryl/α,β-unsaturated/α-hetero) is 2. The number of thiophene rings is 1. The number of anilines is 1. The van der Waals surface area contributed by atoms with Gasteiger partial charge in [-0.25, -0.2) is 4.98 Å². The van der Waals surface area contributed by atoms with E-state index in [9.17, 15) is 19.5 Å². The van der Waals surface area contributed by atoms with Crippen molar-refractivity contribution in [3.63, 3.8) is 0 Å². The summed E-state index contributed by atoms with van der Waals surface area (Å²) in [7, 11) is 0. The Morgan fingerprint density at radius 1 is 1.13 bits per heavy atom. The first kappa shape index (κ1) is 27.5. The van der Waals surface area contributed by atoms with Crippen LogP contribution in [0, 0.1) is 6.92 Å². The Kier molecular flexibility index (Phi) is 8.63. The number of carbonyl (C=O) groups excluding carboxylic acids is 3. The summed E-state index contributed by atoms with van der Waals surface area (Å²) in [4.78, 5) is 45.7. The average Bonchev–Trinajstić information content (AvgIpc) is 3.62. The van der Waals surface area contributed by atoms with Gasteiger partial charge in [-0.2, -0.15) is 0 Å². The van der Waals surface area contributed by atoms with E-state index in [1.165, 1.54) is 23.2 Å². The fourth-order valence-corrected chi connectivity index (χ4v) is 5.99. The number of hydrogen-bond acceptors (Lipinski definition) is 9. The van der Waals surface area contributed by atoms with Gasteiger partial charge in [0.2, 0.25) is 5.78 Å². The molecule has 10 heteroatoms. The van der Waals surface area contributed by atoms with Gasteiger partial charge in [-0.1, -0.05) is 43.2 Å². The van der Waals surface area contributed by atoms with E-state index < -0.39 is 23.5 Å².